The van der Waals surface area contributed by atoms with Crippen LogP contribution in [0.4, 0.5) is 4.39 Å². The lowest BCUT2D eigenvalue weighted by Gasteiger charge is -2.26. The molecule has 2 rings (SSSR count). The van der Waals surface area contributed by atoms with E-state index in [0.717, 1.165) is 24.9 Å². The number of hydrogen-bond acceptors (Lipinski definition) is 1. The number of benzene rings is 1. The Morgan fingerprint density at radius 2 is 2.05 bits per heavy atom. The maximum atomic E-state index is 13.6. The minimum absolute atomic E-state index is 0.296. The summed E-state index contributed by atoms with van der Waals surface area (Å²) in [6, 6.07) is 5.72. The third-order valence-electron chi connectivity index (χ3n) is 4.33. The first kappa shape index (κ1) is 15.8. The molecular formula is C17H25ClFN. The van der Waals surface area contributed by atoms with Gasteiger partial charge in [0.15, 0.2) is 0 Å². The Morgan fingerprint density at radius 1 is 1.25 bits per heavy atom. The van der Waals surface area contributed by atoms with Crippen LogP contribution in [-0.4, -0.2) is 12.6 Å². The van der Waals surface area contributed by atoms with Crippen molar-refractivity contribution in [1.82, 2.24) is 5.32 Å². The molecule has 0 radical (unpaired) electrons. The predicted molar refractivity (Wildman–Crippen MR) is 83.8 cm³/mol. The molecule has 0 spiro atoms. The molecule has 2 atom stereocenters. The first-order valence-electron chi connectivity index (χ1n) is 7.88. The van der Waals surface area contributed by atoms with Crippen molar-refractivity contribution < 1.29 is 4.39 Å². The van der Waals surface area contributed by atoms with Gasteiger partial charge in [0, 0.05) is 6.04 Å². The minimum Gasteiger partial charge on any atom is -0.314 e. The SMILES string of the molecule is CCCNC1CCCCCC1Cc1cccc(F)c1Cl. The van der Waals surface area contributed by atoms with Crippen molar-refractivity contribution in [3.63, 3.8) is 0 Å². The number of halogens is 2. The van der Waals surface area contributed by atoms with E-state index in [1.165, 1.54) is 38.2 Å². The van der Waals surface area contributed by atoms with E-state index >= 15 is 0 Å². The first-order valence-corrected chi connectivity index (χ1v) is 8.26. The van der Waals surface area contributed by atoms with E-state index in [1.54, 1.807) is 6.07 Å². The second kappa shape index (κ2) is 7.99. The number of nitrogens with one attached hydrogen (secondary N) is 1. The monoisotopic (exact) mass is 297 g/mol. The van der Waals surface area contributed by atoms with Crippen LogP contribution in [0.3, 0.4) is 0 Å². The summed E-state index contributed by atoms with van der Waals surface area (Å²) in [7, 11) is 0. The van der Waals surface area contributed by atoms with Crippen LogP contribution in [0.15, 0.2) is 18.2 Å². The Balaban J connectivity index is 2.08. The van der Waals surface area contributed by atoms with E-state index in [0.29, 0.717) is 17.0 Å². The van der Waals surface area contributed by atoms with E-state index in [9.17, 15) is 4.39 Å². The Kier molecular flexibility index (Phi) is 6.31. The average molecular weight is 298 g/mol. The molecule has 1 aliphatic rings. The van der Waals surface area contributed by atoms with Gasteiger partial charge in [-0.2, -0.15) is 0 Å². The first-order chi connectivity index (χ1) is 9.72. The summed E-state index contributed by atoms with van der Waals surface area (Å²) in [6.45, 7) is 3.26. The lowest BCUT2D eigenvalue weighted by molar-refractivity contribution is 0.332. The highest BCUT2D eigenvalue weighted by Crippen LogP contribution is 2.30. The molecule has 1 aromatic carbocycles. The molecule has 1 N–H and O–H groups in total. The van der Waals surface area contributed by atoms with Crippen molar-refractivity contribution >= 4 is 11.6 Å². The summed E-state index contributed by atoms with van der Waals surface area (Å²) in [5, 5.41) is 3.99. The number of hydrogen-bond donors (Lipinski definition) is 1. The van der Waals surface area contributed by atoms with Gasteiger partial charge in [-0.05, 0) is 49.8 Å². The van der Waals surface area contributed by atoms with Crippen molar-refractivity contribution in [2.75, 3.05) is 6.54 Å². The summed E-state index contributed by atoms with van der Waals surface area (Å²) in [5.74, 6) is 0.277. The maximum Gasteiger partial charge on any atom is 0.142 e. The third kappa shape index (κ3) is 4.20. The minimum atomic E-state index is -0.296. The topological polar surface area (TPSA) is 12.0 Å². The zero-order valence-corrected chi connectivity index (χ0v) is 13.1. The van der Waals surface area contributed by atoms with Gasteiger partial charge in [0.1, 0.15) is 5.82 Å². The second-order valence-electron chi connectivity index (χ2n) is 5.88. The Labute approximate surface area is 126 Å². The lowest BCUT2D eigenvalue weighted by atomic mass is 9.88. The van der Waals surface area contributed by atoms with Gasteiger partial charge in [0.2, 0.25) is 0 Å². The van der Waals surface area contributed by atoms with Crippen molar-refractivity contribution in [3.8, 4) is 0 Å². The van der Waals surface area contributed by atoms with Crippen LogP contribution in [-0.2, 0) is 6.42 Å². The second-order valence-corrected chi connectivity index (χ2v) is 6.25. The molecule has 0 amide bonds. The van der Waals surface area contributed by atoms with Crippen LogP contribution in [0, 0.1) is 11.7 Å². The van der Waals surface area contributed by atoms with Crippen LogP contribution in [0.1, 0.15) is 51.0 Å². The quantitative estimate of drug-likeness (QED) is 0.757. The van der Waals surface area contributed by atoms with Crippen LogP contribution in [0.2, 0.25) is 5.02 Å². The Morgan fingerprint density at radius 3 is 2.85 bits per heavy atom. The molecule has 3 heteroatoms. The van der Waals surface area contributed by atoms with Crippen LogP contribution in [0.5, 0.6) is 0 Å². The molecule has 2 unspecified atom stereocenters. The lowest BCUT2D eigenvalue weighted by Crippen LogP contribution is -2.37. The standard InChI is InChI=1S/C17H25ClFN/c1-2-11-20-16-10-5-3-4-7-13(16)12-14-8-6-9-15(19)17(14)18/h6,8-9,13,16,20H,2-5,7,10-12H2,1H3. The molecule has 1 fully saturated rings. The van der Waals surface area contributed by atoms with Crippen LogP contribution in [0.25, 0.3) is 0 Å². The van der Waals surface area contributed by atoms with E-state index < -0.39 is 0 Å². The summed E-state index contributed by atoms with van der Waals surface area (Å²) in [4.78, 5) is 0. The maximum absolute atomic E-state index is 13.6. The Hall–Kier alpha value is -0.600. The van der Waals surface area contributed by atoms with Crippen molar-refractivity contribution in [2.45, 2.75) is 57.9 Å². The molecule has 112 valence electrons. The van der Waals surface area contributed by atoms with E-state index in [-0.39, 0.29) is 5.82 Å². The Bertz CT molecular complexity index is 421. The van der Waals surface area contributed by atoms with Gasteiger partial charge in [-0.1, -0.05) is 49.9 Å². The van der Waals surface area contributed by atoms with Crippen LogP contribution >= 0.6 is 11.6 Å². The van der Waals surface area contributed by atoms with Crippen molar-refractivity contribution in [3.05, 3.63) is 34.6 Å². The summed E-state index contributed by atoms with van der Waals surface area (Å²) >= 11 is 6.11. The molecule has 20 heavy (non-hydrogen) atoms. The summed E-state index contributed by atoms with van der Waals surface area (Å²) < 4.78 is 13.6. The third-order valence-corrected chi connectivity index (χ3v) is 4.75. The highest BCUT2D eigenvalue weighted by molar-refractivity contribution is 6.31. The number of rotatable bonds is 5. The fraction of sp³-hybridized carbons (Fsp3) is 0.647. The van der Waals surface area contributed by atoms with E-state index in [2.05, 4.69) is 12.2 Å². The van der Waals surface area contributed by atoms with Gasteiger partial charge in [-0.3, -0.25) is 0 Å². The summed E-state index contributed by atoms with van der Waals surface area (Å²) in [6.07, 6.45) is 8.39. The predicted octanol–water partition coefficient (Wildman–Crippen LogP) is 4.97. The zero-order valence-electron chi connectivity index (χ0n) is 12.3. The molecule has 1 nitrogen and oxygen atoms in total. The molecule has 0 bridgehead atoms. The smallest absolute Gasteiger partial charge is 0.142 e. The van der Waals surface area contributed by atoms with Crippen LogP contribution < -0.4 is 5.32 Å². The van der Waals surface area contributed by atoms with Gasteiger partial charge in [0.25, 0.3) is 0 Å². The fourth-order valence-corrected chi connectivity index (χ4v) is 3.42. The largest absolute Gasteiger partial charge is 0.314 e. The summed E-state index contributed by atoms with van der Waals surface area (Å²) in [5.41, 5.74) is 0.960. The normalized spacial score (nSPS) is 23.6. The van der Waals surface area contributed by atoms with Gasteiger partial charge >= 0.3 is 0 Å². The van der Waals surface area contributed by atoms with E-state index in [4.69, 9.17) is 11.6 Å². The van der Waals surface area contributed by atoms with Gasteiger partial charge in [-0.25, -0.2) is 4.39 Å². The molecule has 1 aliphatic carbocycles. The fourth-order valence-electron chi connectivity index (χ4n) is 3.22. The average Bonchev–Trinajstić information content (AvgIpc) is 2.67. The molecule has 0 aromatic heterocycles. The molecule has 0 saturated heterocycles. The van der Waals surface area contributed by atoms with Crippen molar-refractivity contribution in [2.24, 2.45) is 5.92 Å². The van der Waals surface area contributed by atoms with Gasteiger partial charge in [-0.15, -0.1) is 0 Å². The molecule has 0 aliphatic heterocycles. The zero-order chi connectivity index (χ0) is 14.4. The molecular weight excluding hydrogens is 273 g/mol. The molecule has 1 aromatic rings. The van der Waals surface area contributed by atoms with Gasteiger partial charge in [0.05, 0.1) is 5.02 Å². The molecule has 1 saturated carbocycles. The van der Waals surface area contributed by atoms with E-state index in [1.807, 2.05) is 6.07 Å². The highest BCUT2D eigenvalue weighted by Gasteiger charge is 2.24. The molecule has 0 heterocycles. The van der Waals surface area contributed by atoms with Crippen molar-refractivity contribution in [1.29, 1.82) is 0 Å². The highest BCUT2D eigenvalue weighted by atomic mass is 35.5. The van der Waals surface area contributed by atoms with Gasteiger partial charge < -0.3 is 5.32 Å².